The van der Waals surface area contributed by atoms with E-state index in [1.807, 2.05) is 44.2 Å². The van der Waals surface area contributed by atoms with Gasteiger partial charge in [0.05, 0.1) is 13.2 Å². The fourth-order valence-corrected chi connectivity index (χ4v) is 1.98. The molecule has 6 nitrogen and oxygen atoms in total. The predicted molar refractivity (Wildman–Crippen MR) is 91.3 cm³/mol. The summed E-state index contributed by atoms with van der Waals surface area (Å²) in [5.41, 5.74) is 1.76. The zero-order chi connectivity index (χ0) is 16.3. The van der Waals surface area contributed by atoms with Crippen LogP contribution in [0.5, 0.6) is 0 Å². The minimum Gasteiger partial charge on any atom is -0.444 e. The van der Waals surface area contributed by atoms with Gasteiger partial charge in [-0.3, -0.25) is 0 Å². The number of nitrogens with one attached hydrogen (secondary N) is 2. The Morgan fingerprint density at radius 2 is 2.04 bits per heavy atom. The van der Waals surface area contributed by atoms with E-state index in [0.29, 0.717) is 25.6 Å². The van der Waals surface area contributed by atoms with Gasteiger partial charge in [-0.15, -0.1) is 0 Å². The van der Waals surface area contributed by atoms with Crippen molar-refractivity contribution in [1.29, 1.82) is 0 Å². The first-order valence-corrected chi connectivity index (χ1v) is 7.93. The topological polar surface area (TPSA) is 71.7 Å². The number of guanidine groups is 1. The molecule has 1 aromatic carbocycles. The summed E-state index contributed by atoms with van der Waals surface area (Å²) in [6.45, 7) is 7.36. The lowest BCUT2D eigenvalue weighted by Gasteiger charge is -2.10. The molecule has 1 aromatic heterocycles. The van der Waals surface area contributed by atoms with Crippen molar-refractivity contribution >= 4 is 5.96 Å². The molecule has 0 spiro atoms. The second kappa shape index (κ2) is 9.63. The van der Waals surface area contributed by atoms with Crippen LogP contribution in [-0.2, 0) is 11.3 Å². The van der Waals surface area contributed by atoms with Gasteiger partial charge in [0.25, 0.3) is 0 Å². The Labute approximate surface area is 137 Å². The third-order valence-electron chi connectivity index (χ3n) is 3.06. The second-order valence-electron chi connectivity index (χ2n) is 4.83. The monoisotopic (exact) mass is 316 g/mol. The van der Waals surface area contributed by atoms with E-state index in [-0.39, 0.29) is 0 Å². The minimum absolute atomic E-state index is 0.459. The molecule has 0 unspecified atom stereocenters. The van der Waals surface area contributed by atoms with Gasteiger partial charge in [-0.25, -0.2) is 9.98 Å². The molecule has 2 N–H and O–H groups in total. The van der Waals surface area contributed by atoms with Crippen molar-refractivity contribution in [1.82, 2.24) is 15.6 Å². The first-order valence-electron chi connectivity index (χ1n) is 7.93. The predicted octanol–water partition coefficient (Wildman–Crippen LogP) is 2.43. The smallest absolute Gasteiger partial charge is 0.226 e. The molecule has 0 saturated carbocycles. The molecule has 0 atom stereocenters. The minimum atomic E-state index is 0.459. The van der Waals surface area contributed by atoms with Crippen molar-refractivity contribution in [3.05, 3.63) is 42.3 Å². The van der Waals surface area contributed by atoms with E-state index in [1.54, 1.807) is 6.26 Å². The second-order valence-corrected chi connectivity index (χ2v) is 4.83. The van der Waals surface area contributed by atoms with E-state index in [1.165, 1.54) is 0 Å². The Morgan fingerprint density at radius 3 is 2.78 bits per heavy atom. The van der Waals surface area contributed by atoms with Gasteiger partial charge in [-0.1, -0.05) is 18.2 Å². The molecule has 0 fully saturated rings. The molecule has 0 bridgehead atoms. The van der Waals surface area contributed by atoms with Gasteiger partial charge in [0, 0.05) is 25.3 Å². The molecule has 0 amide bonds. The van der Waals surface area contributed by atoms with Crippen LogP contribution < -0.4 is 10.6 Å². The molecule has 0 aliphatic heterocycles. The Bertz CT molecular complexity index is 596. The largest absolute Gasteiger partial charge is 0.444 e. The lowest BCUT2D eigenvalue weighted by Crippen LogP contribution is -2.39. The van der Waals surface area contributed by atoms with Crippen LogP contribution in [0.2, 0.25) is 0 Å². The van der Waals surface area contributed by atoms with Crippen molar-refractivity contribution in [3.8, 4) is 11.5 Å². The van der Waals surface area contributed by atoms with Gasteiger partial charge in [-0.2, -0.15) is 0 Å². The Balaban J connectivity index is 1.92. The fraction of sp³-hybridized carbons (Fsp3) is 0.412. The summed E-state index contributed by atoms with van der Waals surface area (Å²) in [5, 5.41) is 6.41. The standard InChI is InChI=1S/C17H24N4O2/c1-3-18-17(19-10-11-22-4-2)20-12-15-13-23-16(21-15)14-8-6-5-7-9-14/h5-9,13H,3-4,10-12H2,1-2H3,(H2,18,19,20). The maximum atomic E-state index is 5.51. The molecule has 0 aliphatic carbocycles. The van der Waals surface area contributed by atoms with Gasteiger partial charge in [-0.05, 0) is 26.0 Å². The number of hydrogen-bond acceptors (Lipinski definition) is 4. The fourth-order valence-electron chi connectivity index (χ4n) is 1.98. The summed E-state index contributed by atoms with van der Waals surface area (Å²) in [6.07, 6.45) is 1.65. The Morgan fingerprint density at radius 1 is 1.22 bits per heavy atom. The van der Waals surface area contributed by atoms with Gasteiger partial charge < -0.3 is 19.8 Å². The summed E-state index contributed by atoms with van der Waals surface area (Å²) >= 11 is 0. The molecule has 124 valence electrons. The molecule has 6 heteroatoms. The van der Waals surface area contributed by atoms with Crippen molar-refractivity contribution in [2.24, 2.45) is 4.99 Å². The zero-order valence-corrected chi connectivity index (χ0v) is 13.7. The van der Waals surface area contributed by atoms with Crippen LogP contribution in [0.3, 0.4) is 0 Å². The summed E-state index contributed by atoms with van der Waals surface area (Å²) < 4.78 is 10.8. The molecular formula is C17H24N4O2. The number of benzene rings is 1. The Hall–Kier alpha value is -2.34. The normalized spacial score (nSPS) is 11.5. The first-order chi connectivity index (χ1) is 11.3. The average Bonchev–Trinajstić information content (AvgIpc) is 3.06. The molecule has 0 aliphatic rings. The Kier molecular flexibility index (Phi) is 7.13. The number of rotatable bonds is 8. The van der Waals surface area contributed by atoms with Gasteiger partial charge >= 0.3 is 0 Å². The maximum absolute atomic E-state index is 5.51. The SMILES string of the molecule is CCNC(=NCc1coc(-c2ccccc2)n1)NCCOCC. The summed E-state index contributed by atoms with van der Waals surface area (Å²) in [5.74, 6) is 1.36. The van der Waals surface area contributed by atoms with Crippen LogP contribution in [0.1, 0.15) is 19.5 Å². The summed E-state index contributed by atoms with van der Waals surface area (Å²) in [6, 6.07) is 9.83. The van der Waals surface area contributed by atoms with Crippen LogP contribution in [0.15, 0.2) is 46.0 Å². The summed E-state index contributed by atoms with van der Waals surface area (Å²) in [7, 11) is 0. The van der Waals surface area contributed by atoms with Crippen molar-refractivity contribution < 1.29 is 9.15 Å². The molecule has 0 saturated heterocycles. The molecule has 2 aromatic rings. The highest BCUT2D eigenvalue weighted by Gasteiger charge is 2.06. The van der Waals surface area contributed by atoms with E-state index in [0.717, 1.165) is 30.4 Å². The van der Waals surface area contributed by atoms with Crippen molar-refractivity contribution in [2.45, 2.75) is 20.4 Å². The first kappa shape index (κ1) is 17.0. The highest BCUT2D eigenvalue weighted by molar-refractivity contribution is 5.79. The molecule has 0 radical (unpaired) electrons. The van der Waals surface area contributed by atoms with E-state index in [4.69, 9.17) is 9.15 Å². The van der Waals surface area contributed by atoms with E-state index < -0.39 is 0 Å². The van der Waals surface area contributed by atoms with Crippen LogP contribution >= 0.6 is 0 Å². The number of aliphatic imine (C=N–C) groups is 1. The highest BCUT2D eigenvalue weighted by atomic mass is 16.5. The average molecular weight is 316 g/mol. The lowest BCUT2D eigenvalue weighted by atomic mass is 10.2. The zero-order valence-electron chi connectivity index (χ0n) is 13.7. The maximum Gasteiger partial charge on any atom is 0.226 e. The van der Waals surface area contributed by atoms with Crippen LogP contribution in [0.25, 0.3) is 11.5 Å². The molecule has 2 rings (SSSR count). The van der Waals surface area contributed by atoms with Gasteiger partial charge in [0.2, 0.25) is 5.89 Å². The number of nitrogens with zero attached hydrogens (tertiary/aromatic N) is 2. The highest BCUT2D eigenvalue weighted by Crippen LogP contribution is 2.18. The molecule has 23 heavy (non-hydrogen) atoms. The van der Waals surface area contributed by atoms with Crippen molar-refractivity contribution in [2.75, 3.05) is 26.3 Å². The number of hydrogen-bond donors (Lipinski definition) is 2. The van der Waals surface area contributed by atoms with E-state index >= 15 is 0 Å². The summed E-state index contributed by atoms with van der Waals surface area (Å²) in [4.78, 5) is 8.97. The lowest BCUT2D eigenvalue weighted by molar-refractivity contribution is 0.152. The van der Waals surface area contributed by atoms with Crippen LogP contribution in [0, 0.1) is 0 Å². The number of oxazole rings is 1. The third kappa shape index (κ3) is 5.75. The van der Waals surface area contributed by atoms with E-state index in [9.17, 15) is 0 Å². The van der Waals surface area contributed by atoms with Gasteiger partial charge in [0.15, 0.2) is 5.96 Å². The molecule has 1 heterocycles. The molecular weight excluding hydrogens is 292 g/mol. The number of ether oxygens (including phenoxy) is 1. The number of aromatic nitrogens is 1. The quantitative estimate of drug-likeness (QED) is 0.445. The van der Waals surface area contributed by atoms with Crippen LogP contribution in [0.4, 0.5) is 0 Å². The van der Waals surface area contributed by atoms with Crippen molar-refractivity contribution in [3.63, 3.8) is 0 Å². The van der Waals surface area contributed by atoms with Gasteiger partial charge in [0.1, 0.15) is 12.0 Å². The van der Waals surface area contributed by atoms with Crippen LogP contribution in [-0.4, -0.2) is 37.2 Å². The third-order valence-corrected chi connectivity index (χ3v) is 3.06. The van der Waals surface area contributed by atoms with E-state index in [2.05, 4.69) is 20.6 Å².